The average Bonchev–Trinajstić information content (AvgIpc) is 3.31. The van der Waals surface area contributed by atoms with Gasteiger partial charge in [-0.3, -0.25) is 10.00 Å². The van der Waals surface area contributed by atoms with Crippen molar-refractivity contribution < 1.29 is 4.74 Å². The molecule has 0 aliphatic carbocycles. The molecule has 2 aromatic carbocycles. The van der Waals surface area contributed by atoms with Crippen LogP contribution in [0.15, 0.2) is 42.5 Å². The van der Waals surface area contributed by atoms with Gasteiger partial charge >= 0.3 is 0 Å². The van der Waals surface area contributed by atoms with E-state index in [0.29, 0.717) is 6.10 Å². The van der Waals surface area contributed by atoms with E-state index in [1.54, 1.807) is 0 Å². The van der Waals surface area contributed by atoms with Crippen LogP contribution in [0, 0.1) is 0 Å². The van der Waals surface area contributed by atoms with Gasteiger partial charge in [-0.2, -0.15) is 5.10 Å². The van der Waals surface area contributed by atoms with E-state index in [1.165, 1.54) is 40.4 Å². The molecular weight excluding hydrogens is 310 g/mol. The van der Waals surface area contributed by atoms with Crippen molar-refractivity contribution in [1.29, 1.82) is 0 Å². The second-order valence-corrected chi connectivity index (χ2v) is 7.18. The van der Waals surface area contributed by atoms with Gasteiger partial charge in [0.15, 0.2) is 0 Å². The molecule has 0 spiro atoms. The molecule has 1 atom stereocenters. The molecule has 4 nitrogen and oxygen atoms in total. The lowest BCUT2D eigenvalue weighted by Gasteiger charge is -2.29. The number of aromatic nitrogens is 2. The zero-order valence-electron chi connectivity index (χ0n) is 14.4. The molecule has 25 heavy (non-hydrogen) atoms. The van der Waals surface area contributed by atoms with Crippen LogP contribution in [-0.4, -0.2) is 40.9 Å². The highest BCUT2D eigenvalue weighted by atomic mass is 16.5. The molecule has 2 aliphatic heterocycles. The van der Waals surface area contributed by atoms with Crippen molar-refractivity contribution in [1.82, 2.24) is 15.1 Å². The van der Waals surface area contributed by atoms with Gasteiger partial charge in [0.25, 0.3) is 0 Å². The first-order chi connectivity index (χ1) is 12.4. The van der Waals surface area contributed by atoms with E-state index >= 15 is 0 Å². The molecule has 3 aromatic rings. The highest BCUT2D eigenvalue weighted by Gasteiger charge is 2.26. The molecule has 3 heterocycles. The van der Waals surface area contributed by atoms with Gasteiger partial charge in [-0.05, 0) is 23.6 Å². The molecule has 0 saturated carbocycles. The van der Waals surface area contributed by atoms with E-state index in [9.17, 15) is 0 Å². The second-order valence-electron chi connectivity index (χ2n) is 7.18. The first-order valence-corrected chi connectivity index (χ1v) is 9.27. The summed E-state index contributed by atoms with van der Waals surface area (Å²) in [6, 6.07) is 15.1. The predicted molar refractivity (Wildman–Crippen MR) is 99.5 cm³/mol. The van der Waals surface area contributed by atoms with Gasteiger partial charge in [0.1, 0.15) is 0 Å². The minimum absolute atomic E-state index is 0.412. The predicted octanol–water partition coefficient (Wildman–Crippen LogP) is 3.77. The molecule has 4 heteroatoms. The van der Waals surface area contributed by atoms with Crippen LogP contribution in [0.5, 0.6) is 0 Å². The van der Waals surface area contributed by atoms with Gasteiger partial charge in [-0.25, -0.2) is 0 Å². The number of rotatable bonds is 3. The number of nitrogens with zero attached hydrogens (tertiary/aromatic N) is 2. The van der Waals surface area contributed by atoms with Crippen molar-refractivity contribution in [2.75, 3.05) is 19.7 Å². The second kappa shape index (κ2) is 6.28. The van der Waals surface area contributed by atoms with E-state index in [4.69, 9.17) is 9.84 Å². The lowest BCUT2D eigenvalue weighted by atomic mass is 9.96. The summed E-state index contributed by atoms with van der Waals surface area (Å²) in [6.07, 6.45) is 3.86. The minimum atomic E-state index is 0.412. The largest absolute Gasteiger partial charge is 0.377 e. The van der Waals surface area contributed by atoms with Crippen LogP contribution in [0.25, 0.3) is 22.0 Å². The first-order valence-electron chi connectivity index (χ1n) is 9.27. The SMILES string of the molecule is c1ccc2c(-c3n[nH]c4c3CN(C[C@H]3CCCO3)CC4)cccc2c1. The number of hydrogen-bond acceptors (Lipinski definition) is 3. The van der Waals surface area contributed by atoms with Crippen LogP contribution in [0.1, 0.15) is 24.1 Å². The molecule has 0 radical (unpaired) electrons. The smallest absolute Gasteiger partial charge is 0.0974 e. The number of aromatic amines is 1. The number of hydrogen-bond donors (Lipinski definition) is 1. The van der Waals surface area contributed by atoms with E-state index in [1.807, 2.05) is 0 Å². The van der Waals surface area contributed by atoms with E-state index in [-0.39, 0.29) is 0 Å². The maximum absolute atomic E-state index is 5.83. The highest BCUT2D eigenvalue weighted by molar-refractivity contribution is 5.96. The van der Waals surface area contributed by atoms with Crippen molar-refractivity contribution in [3.05, 3.63) is 53.7 Å². The lowest BCUT2D eigenvalue weighted by molar-refractivity contribution is 0.0687. The van der Waals surface area contributed by atoms with E-state index in [2.05, 4.69) is 52.5 Å². The lowest BCUT2D eigenvalue weighted by Crippen LogP contribution is -2.36. The number of fused-ring (bicyclic) bond motifs is 2. The fourth-order valence-electron chi connectivity index (χ4n) is 4.24. The zero-order valence-corrected chi connectivity index (χ0v) is 14.4. The molecule has 128 valence electrons. The quantitative estimate of drug-likeness (QED) is 0.793. The molecule has 1 aromatic heterocycles. The fraction of sp³-hybridized carbons (Fsp3) is 0.381. The van der Waals surface area contributed by atoms with Gasteiger partial charge in [-0.15, -0.1) is 0 Å². The maximum atomic E-state index is 5.83. The Hall–Kier alpha value is -2.17. The van der Waals surface area contributed by atoms with Crippen LogP contribution in [0.2, 0.25) is 0 Å². The normalized spacial score (nSPS) is 20.9. The third-order valence-electron chi connectivity index (χ3n) is 5.54. The average molecular weight is 333 g/mol. The molecule has 1 saturated heterocycles. The molecule has 0 bridgehead atoms. The Labute approximate surface area is 147 Å². The van der Waals surface area contributed by atoms with Gasteiger partial charge in [0.2, 0.25) is 0 Å². The van der Waals surface area contributed by atoms with E-state index < -0.39 is 0 Å². The highest BCUT2D eigenvalue weighted by Crippen LogP contribution is 2.33. The molecule has 2 aliphatic rings. The first kappa shape index (κ1) is 15.1. The van der Waals surface area contributed by atoms with Crippen molar-refractivity contribution in [3.8, 4) is 11.3 Å². The van der Waals surface area contributed by atoms with Crippen LogP contribution in [0.4, 0.5) is 0 Å². The Kier molecular flexibility index (Phi) is 3.80. The Morgan fingerprint density at radius 3 is 3.00 bits per heavy atom. The zero-order chi connectivity index (χ0) is 16.6. The van der Waals surface area contributed by atoms with Crippen molar-refractivity contribution in [2.24, 2.45) is 0 Å². The fourth-order valence-corrected chi connectivity index (χ4v) is 4.24. The van der Waals surface area contributed by atoms with Crippen LogP contribution in [0.3, 0.4) is 0 Å². The van der Waals surface area contributed by atoms with Gasteiger partial charge in [0, 0.05) is 49.5 Å². The number of benzene rings is 2. The summed E-state index contributed by atoms with van der Waals surface area (Å²) in [6.45, 7) is 4.02. The standard InChI is InChI=1S/C21H23N3O/c1-2-8-17-15(5-1)6-3-9-18(17)21-19-14-24(11-10-20(19)22-23-21)13-16-7-4-12-25-16/h1-3,5-6,8-9,16H,4,7,10-14H2,(H,22,23)/t16-/m1/s1. The minimum Gasteiger partial charge on any atom is -0.377 e. The van der Waals surface area contributed by atoms with Crippen molar-refractivity contribution >= 4 is 10.8 Å². The summed E-state index contributed by atoms with van der Waals surface area (Å²) in [7, 11) is 0. The van der Waals surface area contributed by atoms with Crippen molar-refractivity contribution in [3.63, 3.8) is 0 Å². The number of ether oxygens (including phenoxy) is 1. The Bertz CT molecular complexity index is 890. The summed E-state index contributed by atoms with van der Waals surface area (Å²) >= 11 is 0. The monoisotopic (exact) mass is 333 g/mol. The van der Waals surface area contributed by atoms with E-state index in [0.717, 1.165) is 38.4 Å². The molecule has 1 fully saturated rings. The molecule has 0 amide bonds. The molecule has 1 N–H and O–H groups in total. The maximum Gasteiger partial charge on any atom is 0.0974 e. The van der Waals surface area contributed by atoms with Gasteiger partial charge < -0.3 is 4.74 Å². The third-order valence-corrected chi connectivity index (χ3v) is 5.54. The summed E-state index contributed by atoms with van der Waals surface area (Å²) in [5.41, 5.74) is 5.01. The Balaban J connectivity index is 1.49. The third kappa shape index (κ3) is 2.75. The summed E-state index contributed by atoms with van der Waals surface area (Å²) in [5.74, 6) is 0. The number of H-pyrrole nitrogens is 1. The Morgan fingerprint density at radius 1 is 1.16 bits per heavy atom. The summed E-state index contributed by atoms with van der Waals surface area (Å²) < 4.78 is 5.83. The molecule has 5 rings (SSSR count). The van der Waals surface area contributed by atoms with Crippen LogP contribution in [-0.2, 0) is 17.7 Å². The molecular formula is C21H23N3O. The topological polar surface area (TPSA) is 41.2 Å². The summed E-state index contributed by atoms with van der Waals surface area (Å²) in [4.78, 5) is 2.53. The number of nitrogens with one attached hydrogen (secondary N) is 1. The Morgan fingerprint density at radius 2 is 2.08 bits per heavy atom. The van der Waals surface area contributed by atoms with Gasteiger partial charge in [-0.1, -0.05) is 42.5 Å². The van der Waals surface area contributed by atoms with Crippen molar-refractivity contribution in [2.45, 2.75) is 31.9 Å². The summed E-state index contributed by atoms with van der Waals surface area (Å²) in [5, 5.41) is 10.5. The van der Waals surface area contributed by atoms with Gasteiger partial charge in [0.05, 0.1) is 11.8 Å². The van der Waals surface area contributed by atoms with Crippen LogP contribution >= 0.6 is 0 Å². The molecule has 0 unspecified atom stereocenters. The van der Waals surface area contributed by atoms with Crippen LogP contribution < -0.4 is 0 Å².